The molecule has 0 fully saturated rings. The highest BCUT2D eigenvalue weighted by Gasteiger charge is 2.30. The third-order valence-corrected chi connectivity index (χ3v) is 4.65. The first-order valence-corrected chi connectivity index (χ1v) is 9.57. The summed E-state index contributed by atoms with van der Waals surface area (Å²) < 4.78 is 43.3. The molecular formula is C23H24F3NO3. The molecule has 0 aliphatic carbocycles. The lowest BCUT2D eigenvalue weighted by molar-refractivity contribution is -0.148. The van der Waals surface area contributed by atoms with Gasteiger partial charge in [-0.15, -0.1) is 0 Å². The van der Waals surface area contributed by atoms with Crippen LogP contribution in [-0.4, -0.2) is 18.0 Å². The minimum absolute atomic E-state index is 0.196. The van der Waals surface area contributed by atoms with E-state index in [-0.39, 0.29) is 11.5 Å². The standard InChI is InChI=1S/C23H24F3NO3/c1-4-15(2)19-10-5-6-11-20(19)27-22(29)16(3)30-21(28)13-12-17-8-7-9-18(14-17)23(24,25)26/h5-16H,4H2,1-3H3,(H,27,29)/b13-12+/t15-,16-/m0/s1. The molecule has 0 aliphatic rings. The SMILES string of the molecule is CC[C@H](C)c1ccccc1NC(=O)[C@H](C)OC(=O)/C=C/c1cccc(C(F)(F)F)c1. The maximum Gasteiger partial charge on any atom is 0.416 e. The molecule has 0 bridgehead atoms. The highest BCUT2D eigenvalue weighted by atomic mass is 19.4. The average Bonchev–Trinajstić information content (AvgIpc) is 2.71. The number of rotatable bonds is 7. The number of anilines is 1. The van der Waals surface area contributed by atoms with Gasteiger partial charge in [-0.1, -0.05) is 44.2 Å². The van der Waals surface area contributed by atoms with E-state index in [0.29, 0.717) is 5.69 Å². The molecule has 2 rings (SSSR count). The lowest BCUT2D eigenvalue weighted by Crippen LogP contribution is -2.29. The molecule has 0 saturated heterocycles. The fourth-order valence-corrected chi connectivity index (χ4v) is 2.74. The third kappa shape index (κ3) is 6.47. The Hall–Kier alpha value is -3.09. The summed E-state index contributed by atoms with van der Waals surface area (Å²) in [4.78, 5) is 24.4. The van der Waals surface area contributed by atoms with Gasteiger partial charge in [0.1, 0.15) is 0 Å². The van der Waals surface area contributed by atoms with Crippen LogP contribution < -0.4 is 5.32 Å². The van der Waals surface area contributed by atoms with E-state index in [1.54, 1.807) is 12.1 Å². The second-order valence-electron chi connectivity index (χ2n) is 6.92. The van der Waals surface area contributed by atoms with Crippen molar-refractivity contribution in [2.75, 3.05) is 5.32 Å². The van der Waals surface area contributed by atoms with Crippen LogP contribution in [0.25, 0.3) is 6.08 Å². The number of hydrogen-bond acceptors (Lipinski definition) is 3. The third-order valence-electron chi connectivity index (χ3n) is 4.65. The minimum atomic E-state index is -4.47. The molecule has 0 saturated carbocycles. The van der Waals surface area contributed by atoms with Crippen molar-refractivity contribution in [2.24, 2.45) is 0 Å². The van der Waals surface area contributed by atoms with Crippen LogP contribution in [0.2, 0.25) is 0 Å². The van der Waals surface area contributed by atoms with E-state index in [1.165, 1.54) is 25.1 Å². The van der Waals surface area contributed by atoms with Gasteiger partial charge < -0.3 is 10.1 Å². The van der Waals surface area contributed by atoms with Crippen molar-refractivity contribution in [3.05, 3.63) is 71.3 Å². The van der Waals surface area contributed by atoms with Crippen LogP contribution in [0.5, 0.6) is 0 Å². The maximum absolute atomic E-state index is 12.7. The molecule has 0 spiro atoms. The Labute approximate surface area is 173 Å². The number of esters is 1. The van der Waals surface area contributed by atoms with Gasteiger partial charge in [-0.3, -0.25) is 4.79 Å². The van der Waals surface area contributed by atoms with E-state index >= 15 is 0 Å². The fraction of sp³-hybridized carbons (Fsp3) is 0.304. The van der Waals surface area contributed by atoms with E-state index < -0.39 is 29.7 Å². The summed E-state index contributed by atoms with van der Waals surface area (Å²) in [7, 11) is 0. The zero-order chi connectivity index (χ0) is 22.3. The summed E-state index contributed by atoms with van der Waals surface area (Å²) in [5, 5.41) is 2.76. The fourth-order valence-electron chi connectivity index (χ4n) is 2.74. The molecule has 0 unspecified atom stereocenters. The zero-order valence-electron chi connectivity index (χ0n) is 17.0. The molecule has 4 nitrogen and oxygen atoms in total. The monoisotopic (exact) mass is 419 g/mol. The summed E-state index contributed by atoms with van der Waals surface area (Å²) in [5.41, 5.74) is 1.02. The van der Waals surface area contributed by atoms with Crippen molar-refractivity contribution in [1.82, 2.24) is 0 Å². The summed E-state index contributed by atoms with van der Waals surface area (Å²) in [6, 6.07) is 11.9. The number of nitrogens with one attached hydrogen (secondary N) is 1. The molecule has 160 valence electrons. The van der Waals surface area contributed by atoms with Crippen molar-refractivity contribution in [3.8, 4) is 0 Å². The normalized spacial score (nSPS) is 13.7. The number of para-hydroxylation sites is 1. The van der Waals surface area contributed by atoms with Gasteiger partial charge in [0.25, 0.3) is 5.91 Å². The number of ether oxygens (including phenoxy) is 1. The molecule has 0 aliphatic heterocycles. The Balaban J connectivity index is 1.99. The highest BCUT2D eigenvalue weighted by molar-refractivity contribution is 5.97. The number of carbonyl (C=O) groups is 2. The first-order valence-electron chi connectivity index (χ1n) is 9.57. The van der Waals surface area contributed by atoms with Crippen LogP contribution in [0, 0.1) is 0 Å². The van der Waals surface area contributed by atoms with Gasteiger partial charge in [-0.2, -0.15) is 13.2 Å². The molecule has 2 aromatic carbocycles. The quantitative estimate of drug-likeness (QED) is 0.456. The first kappa shape index (κ1) is 23.2. The van der Waals surface area contributed by atoms with Crippen molar-refractivity contribution in [1.29, 1.82) is 0 Å². The van der Waals surface area contributed by atoms with Crippen LogP contribution in [0.3, 0.4) is 0 Å². The summed E-state index contributed by atoms with van der Waals surface area (Å²) >= 11 is 0. The van der Waals surface area contributed by atoms with Crippen LogP contribution in [0.15, 0.2) is 54.6 Å². The van der Waals surface area contributed by atoms with E-state index in [1.807, 2.05) is 26.0 Å². The van der Waals surface area contributed by atoms with Gasteiger partial charge in [0.2, 0.25) is 0 Å². The van der Waals surface area contributed by atoms with E-state index in [2.05, 4.69) is 5.32 Å². The van der Waals surface area contributed by atoms with Crippen LogP contribution in [-0.2, 0) is 20.5 Å². The minimum Gasteiger partial charge on any atom is -0.449 e. The van der Waals surface area contributed by atoms with Crippen molar-refractivity contribution < 1.29 is 27.5 Å². The Kier molecular flexibility index (Phi) is 7.80. The Morgan fingerprint density at radius 3 is 2.47 bits per heavy atom. The van der Waals surface area contributed by atoms with Crippen LogP contribution in [0.4, 0.5) is 18.9 Å². The molecule has 0 radical (unpaired) electrons. The Bertz CT molecular complexity index is 922. The lowest BCUT2D eigenvalue weighted by Gasteiger charge is -2.17. The zero-order valence-corrected chi connectivity index (χ0v) is 17.0. The topological polar surface area (TPSA) is 55.4 Å². The molecule has 2 atom stereocenters. The first-order chi connectivity index (χ1) is 14.1. The van der Waals surface area contributed by atoms with Gasteiger partial charge in [0.05, 0.1) is 5.56 Å². The van der Waals surface area contributed by atoms with Gasteiger partial charge in [-0.25, -0.2) is 4.79 Å². The molecular weight excluding hydrogens is 395 g/mol. The summed E-state index contributed by atoms with van der Waals surface area (Å²) in [6.07, 6.45) is -2.44. The highest BCUT2D eigenvalue weighted by Crippen LogP contribution is 2.30. The van der Waals surface area contributed by atoms with E-state index in [9.17, 15) is 22.8 Å². The Morgan fingerprint density at radius 2 is 1.80 bits per heavy atom. The summed E-state index contributed by atoms with van der Waals surface area (Å²) in [6.45, 7) is 5.52. The maximum atomic E-state index is 12.7. The summed E-state index contributed by atoms with van der Waals surface area (Å²) in [5.74, 6) is -1.08. The largest absolute Gasteiger partial charge is 0.449 e. The molecule has 7 heteroatoms. The molecule has 30 heavy (non-hydrogen) atoms. The van der Waals surface area contributed by atoms with Crippen LogP contribution >= 0.6 is 0 Å². The smallest absolute Gasteiger partial charge is 0.416 e. The van der Waals surface area contributed by atoms with Crippen molar-refractivity contribution >= 4 is 23.6 Å². The molecule has 0 aromatic heterocycles. The van der Waals surface area contributed by atoms with Crippen LogP contribution in [0.1, 0.15) is 49.8 Å². The van der Waals surface area contributed by atoms with Gasteiger partial charge in [-0.05, 0) is 54.7 Å². The number of hydrogen-bond donors (Lipinski definition) is 1. The molecule has 1 N–H and O–H groups in total. The predicted molar refractivity (Wildman–Crippen MR) is 110 cm³/mol. The predicted octanol–water partition coefficient (Wildman–Crippen LogP) is 5.80. The van der Waals surface area contributed by atoms with Gasteiger partial charge in [0, 0.05) is 11.8 Å². The second kappa shape index (κ2) is 10.1. The molecule has 1 amide bonds. The average molecular weight is 419 g/mol. The van der Waals surface area contributed by atoms with Crippen molar-refractivity contribution in [3.63, 3.8) is 0 Å². The van der Waals surface area contributed by atoms with Crippen molar-refractivity contribution in [2.45, 2.75) is 45.4 Å². The van der Waals surface area contributed by atoms with Gasteiger partial charge >= 0.3 is 12.1 Å². The lowest BCUT2D eigenvalue weighted by atomic mass is 9.97. The Morgan fingerprint density at radius 1 is 1.10 bits per heavy atom. The second-order valence-corrected chi connectivity index (χ2v) is 6.92. The number of carbonyl (C=O) groups excluding carboxylic acids is 2. The number of halogens is 3. The molecule has 2 aromatic rings. The number of amides is 1. The van der Waals surface area contributed by atoms with Gasteiger partial charge in [0.15, 0.2) is 6.10 Å². The van der Waals surface area contributed by atoms with E-state index in [4.69, 9.17) is 4.74 Å². The van der Waals surface area contributed by atoms with E-state index in [0.717, 1.165) is 30.2 Å². The number of alkyl halides is 3. The molecule has 0 heterocycles. The number of benzene rings is 2.